The van der Waals surface area contributed by atoms with Gasteiger partial charge in [-0.2, -0.15) is 0 Å². The van der Waals surface area contributed by atoms with Crippen LogP contribution in [0.3, 0.4) is 0 Å². The highest BCUT2D eigenvalue weighted by molar-refractivity contribution is 5.21. The van der Waals surface area contributed by atoms with Crippen LogP contribution in [0.2, 0.25) is 0 Å². The van der Waals surface area contributed by atoms with Crippen LogP contribution in [-0.2, 0) is 18.9 Å². The van der Waals surface area contributed by atoms with Gasteiger partial charge in [0.25, 0.3) is 0 Å². The van der Waals surface area contributed by atoms with E-state index < -0.39 is 97.3 Å². The lowest BCUT2D eigenvalue weighted by Gasteiger charge is -2.71. The number of hydrogen-bond donors (Lipinski definition) is 10. The molecule has 6 aliphatic rings. The Morgan fingerprint density at radius 2 is 1.23 bits per heavy atom. The zero-order valence-electron chi connectivity index (χ0n) is 34.6. The molecule has 324 valence electrons. The molecule has 2 aliphatic heterocycles. The minimum Gasteiger partial charge on any atom is -0.394 e. The molecule has 20 unspecified atom stereocenters. The van der Waals surface area contributed by atoms with Crippen LogP contribution in [0.5, 0.6) is 0 Å². The predicted octanol–water partition coefficient (Wildman–Crippen LogP) is 1.12. The third kappa shape index (κ3) is 7.26. The summed E-state index contributed by atoms with van der Waals surface area (Å²) >= 11 is 0. The highest BCUT2D eigenvalue weighted by Crippen LogP contribution is 2.76. The van der Waals surface area contributed by atoms with Crippen molar-refractivity contribution >= 4 is 0 Å². The van der Waals surface area contributed by atoms with Crippen molar-refractivity contribution in [3.8, 4) is 0 Å². The number of aliphatic hydroxyl groups is 10. The van der Waals surface area contributed by atoms with Crippen molar-refractivity contribution in [3.63, 3.8) is 0 Å². The van der Waals surface area contributed by atoms with E-state index in [4.69, 9.17) is 18.9 Å². The highest BCUT2D eigenvalue weighted by atomic mass is 16.7. The molecule has 10 N–H and O–H groups in total. The van der Waals surface area contributed by atoms with Crippen molar-refractivity contribution in [2.45, 2.75) is 192 Å². The summed E-state index contributed by atoms with van der Waals surface area (Å²) in [6, 6.07) is 0. The Morgan fingerprint density at radius 1 is 0.679 bits per heavy atom. The summed E-state index contributed by atoms with van der Waals surface area (Å²) in [5.74, 6) is -0.0751. The predicted molar refractivity (Wildman–Crippen MR) is 202 cm³/mol. The molecule has 14 nitrogen and oxygen atoms in total. The molecule has 2 heterocycles. The normalized spacial score (nSPS) is 51.9. The Kier molecular flexibility index (Phi) is 12.4. The topological polar surface area (TPSA) is 239 Å². The van der Waals surface area contributed by atoms with E-state index in [1.54, 1.807) is 19.9 Å². The van der Waals surface area contributed by atoms with E-state index in [2.05, 4.69) is 34.6 Å². The maximum atomic E-state index is 12.5. The second-order valence-corrected chi connectivity index (χ2v) is 20.5. The molecule has 56 heavy (non-hydrogen) atoms. The molecule has 0 aromatic carbocycles. The first-order chi connectivity index (χ1) is 25.9. The second-order valence-electron chi connectivity index (χ2n) is 20.5. The van der Waals surface area contributed by atoms with Gasteiger partial charge < -0.3 is 70.0 Å². The van der Waals surface area contributed by atoms with Gasteiger partial charge in [-0.05, 0) is 117 Å². The SMILES string of the molecule is CC(C)(O)C=CCC(C)(OC1OC(CO)C(O)C(O)C1O)C1CCC2(C)C1C(O)CC1C3(C)CCC(OC4OC(CO)C(O)C(O)C4O)C(C)(C)C3CCC12C. The van der Waals surface area contributed by atoms with Crippen LogP contribution in [0.4, 0.5) is 0 Å². The molecule has 2 saturated heterocycles. The van der Waals surface area contributed by atoms with E-state index in [9.17, 15) is 51.1 Å². The molecular formula is C42H72O14. The monoisotopic (exact) mass is 800 g/mol. The number of aliphatic hydroxyl groups excluding tert-OH is 9. The van der Waals surface area contributed by atoms with Crippen molar-refractivity contribution < 1.29 is 70.0 Å². The largest absolute Gasteiger partial charge is 0.394 e. The lowest BCUT2D eigenvalue weighted by atomic mass is 9.35. The summed E-state index contributed by atoms with van der Waals surface area (Å²) in [5, 5.41) is 106. The average molecular weight is 801 g/mol. The Morgan fingerprint density at radius 3 is 1.80 bits per heavy atom. The van der Waals surface area contributed by atoms with Gasteiger partial charge in [-0.3, -0.25) is 0 Å². The summed E-state index contributed by atoms with van der Waals surface area (Å²) < 4.78 is 24.8. The van der Waals surface area contributed by atoms with Crippen LogP contribution < -0.4 is 0 Å². The van der Waals surface area contributed by atoms with Crippen molar-refractivity contribution in [1.29, 1.82) is 0 Å². The van der Waals surface area contributed by atoms with E-state index >= 15 is 0 Å². The van der Waals surface area contributed by atoms with Crippen LogP contribution >= 0.6 is 0 Å². The number of rotatable bonds is 10. The van der Waals surface area contributed by atoms with E-state index in [1.807, 2.05) is 13.0 Å². The number of fused-ring (bicyclic) bond motifs is 5. The molecule has 0 aromatic rings. The summed E-state index contributed by atoms with van der Waals surface area (Å²) in [5.41, 5.74) is -3.21. The summed E-state index contributed by atoms with van der Waals surface area (Å²) in [6.07, 6.45) is -5.76. The first-order valence-corrected chi connectivity index (χ1v) is 20.9. The van der Waals surface area contributed by atoms with Gasteiger partial charge in [0.15, 0.2) is 12.6 Å². The zero-order chi connectivity index (χ0) is 41.6. The van der Waals surface area contributed by atoms with Crippen LogP contribution in [0.15, 0.2) is 12.2 Å². The molecule has 4 aliphatic carbocycles. The Bertz CT molecular complexity index is 1400. The van der Waals surface area contributed by atoms with E-state index in [0.29, 0.717) is 25.7 Å². The zero-order valence-corrected chi connectivity index (χ0v) is 34.6. The summed E-state index contributed by atoms with van der Waals surface area (Å²) in [4.78, 5) is 0. The fourth-order valence-corrected chi connectivity index (χ4v) is 13.3. The third-order valence-electron chi connectivity index (χ3n) is 16.5. The van der Waals surface area contributed by atoms with Gasteiger partial charge >= 0.3 is 0 Å². The molecule has 0 radical (unpaired) electrons. The van der Waals surface area contributed by atoms with Crippen molar-refractivity contribution in [3.05, 3.63) is 12.2 Å². The first-order valence-electron chi connectivity index (χ1n) is 20.9. The van der Waals surface area contributed by atoms with Crippen molar-refractivity contribution in [1.82, 2.24) is 0 Å². The van der Waals surface area contributed by atoms with Gasteiger partial charge in [0.2, 0.25) is 0 Å². The van der Waals surface area contributed by atoms with E-state index in [-0.39, 0.29) is 46.0 Å². The molecule has 4 saturated carbocycles. The number of ether oxygens (including phenoxy) is 4. The Labute approximate surface area is 331 Å². The minimum atomic E-state index is -1.60. The second kappa shape index (κ2) is 15.6. The van der Waals surface area contributed by atoms with Crippen molar-refractivity contribution in [2.24, 2.45) is 45.3 Å². The fourth-order valence-electron chi connectivity index (χ4n) is 13.3. The minimum absolute atomic E-state index is 0.156. The molecule has 0 spiro atoms. The maximum absolute atomic E-state index is 12.5. The smallest absolute Gasteiger partial charge is 0.187 e. The third-order valence-corrected chi connectivity index (χ3v) is 16.5. The molecule has 6 rings (SSSR count). The highest BCUT2D eigenvalue weighted by Gasteiger charge is 2.72. The lowest BCUT2D eigenvalue weighted by Crippen LogP contribution is -2.67. The molecule has 0 amide bonds. The van der Waals surface area contributed by atoms with Gasteiger partial charge in [0.1, 0.15) is 48.8 Å². The molecule has 0 aromatic heterocycles. The Hall–Kier alpha value is -0.820. The van der Waals surface area contributed by atoms with Crippen LogP contribution in [0, 0.1) is 45.3 Å². The van der Waals surface area contributed by atoms with E-state index in [1.165, 1.54) is 0 Å². The van der Waals surface area contributed by atoms with E-state index in [0.717, 1.165) is 25.7 Å². The first kappa shape index (κ1) is 44.7. The maximum Gasteiger partial charge on any atom is 0.187 e. The summed E-state index contributed by atoms with van der Waals surface area (Å²) in [6.45, 7) is 15.6. The lowest BCUT2D eigenvalue weighted by molar-refractivity contribution is -0.337. The van der Waals surface area contributed by atoms with Crippen LogP contribution in [0.25, 0.3) is 0 Å². The van der Waals surface area contributed by atoms with Gasteiger partial charge in [-0.25, -0.2) is 0 Å². The standard InChI is InChI=1S/C42H72O14/c1-37(2,52)13-9-14-42(8,56-36-34(51)32(49)30(47)24(20-44)54-36)21-10-16-41(7)28(21)22(45)18-26-39(5)15-12-27(38(3,4)25(39)11-17-40(26,41)6)55-35-33(50)31(48)29(46)23(19-43)53-35/h9,13,21-36,43-52H,10-12,14-20H2,1-8H3. The average Bonchev–Trinajstić information content (AvgIpc) is 3.50. The molecule has 0 bridgehead atoms. The molecule has 20 atom stereocenters. The quantitative estimate of drug-likeness (QED) is 0.110. The van der Waals surface area contributed by atoms with Gasteiger partial charge in [0.05, 0.1) is 36.6 Å². The van der Waals surface area contributed by atoms with Crippen molar-refractivity contribution in [2.75, 3.05) is 13.2 Å². The van der Waals surface area contributed by atoms with Gasteiger partial charge in [-0.15, -0.1) is 0 Å². The Balaban J connectivity index is 1.27. The molecule has 6 fully saturated rings. The fraction of sp³-hybridized carbons (Fsp3) is 0.952. The molecule has 14 heteroatoms. The molecular weight excluding hydrogens is 728 g/mol. The summed E-state index contributed by atoms with van der Waals surface area (Å²) in [7, 11) is 0. The van der Waals surface area contributed by atoms with Gasteiger partial charge in [-0.1, -0.05) is 46.8 Å². The van der Waals surface area contributed by atoms with Gasteiger partial charge in [0, 0.05) is 0 Å². The van der Waals surface area contributed by atoms with Crippen LogP contribution in [0.1, 0.15) is 107 Å². The number of hydrogen-bond acceptors (Lipinski definition) is 14. The van der Waals surface area contributed by atoms with Crippen LogP contribution in [-0.4, -0.2) is 149 Å².